The van der Waals surface area contributed by atoms with E-state index in [9.17, 15) is 13.2 Å². The van der Waals surface area contributed by atoms with Crippen LogP contribution in [0.1, 0.15) is 34.8 Å². The molecule has 0 atom stereocenters. The van der Waals surface area contributed by atoms with E-state index < -0.39 is 10.0 Å². The maximum atomic E-state index is 12.5. The van der Waals surface area contributed by atoms with Gasteiger partial charge >= 0.3 is 0 Å². The van der Waals surface area contributed by atoms with Crippen LogP contribution in [0.2, 0.25) is 0 Å². The Balaban J connectivity index is 2.27. The van der Waals surface area contributed by atoms with Crippen LogP contribution in [-0.4, -0.2) is 20.1 Å². The first-order valence-electron chi connectivity index (χ1n) is 8.01. The second-order valence-electron chi connectivity index (χ2n) is 5.93. The number of nitrogen functional groups attached to an aromatic ring is 1. The minimum absolute atomic E-state index is 0.0471. The molecule has 2 aromatic rings. The normalized spacial score (nSPS) is 11.2. The second kappa shape index (κ2) is 7.57. The molecule has 2 aromatic carbocycles. The molecule has 1 amide bonds. The topological polar surface area (TPSA) is 101 Å². The maximum Gasteiger partial charge on any atom is 0.256 e. The lowest BCUT2D eigenvalue weighted by Gasteiger charge is -2.15. The number of benzene rings is 2. The fourth-order valence-electron chi connectivity index (χ4n) is 2.44. The standard InChI is InChI=1S/C18H23N3O3S/c1-4-10-25(23,24)21-17-7-5-6-16(13(17)3)20-18(22)15-11-14(19)9-8-12(15)2/h5-9,11,21H,4,10,19H2,1-3H3,(H,20,22). The van der Waals surface area contributed by atoms with Crippen LogP contribution in [0, 0.1) is 13.8 Å². The van der Waals surface area contributed by atoms with E-state index in [-0.39, 0.29) is 11.7 Å². The number of anilines is 3. The molecular formula is C18H23N3O3S. The molecule has 0 spiro atoms. The third-order valence-corrected chi connectivity index (χ3v) is 5.30. The van der Waals surface area contributed by atoms with Gasteiger partial charge < -0.3 is 11.1 Å². The van der Waals surface area contributed by atoms with E-state index in [1.165, 1.54) is 0 Å². The Kier molecular flexibility index (Phi) is 5.69. The average molecular weight is 361 g/mol. The van der Waals surface area contributed by atoms with Gasteiger partial charge in [-0.1, -0.05) is 19.1 Å². The molecule has 4 N–H and O–H groups in total. The van der Waals surface area contributed by atoms with E-state index in [2.05, 4.69) is 10.0 Å². The summed E-state index contributed by atoms with van der Waals surface area (Å²) >= 11 is 0. The number of carbonyl (C=O) groups is 1. The monoisotopic (exact) mass is 361 g/mol. The first kappa shape index (κ1) is 18.8. The van der Waals surface area contributed by atoms with Crippen LogP contribution in [0.15, 0.2) is 36.4 Å². The number of nitrogens with two attached hydrogens (primary N) is 1. The van der Waals surface area contributed by atoms with Gasteiger partial charge in [0.25, 0.3) is 5.91 Å². The van der Waals surface area contributed by atoms with E-state index in [4.69, 9.17) is 5.73 Å². The molecule has 0 saturated heterocycles. The highest BCUT2D eigenvalue weighted by atomic mass is 32.2. The molecule has 0 unspecified atom stereocenters. The molecule has 0 fully saturated rings. The van der Waals surface area contributed by atoms with Crippen LogP contribution in [0.3, 0.4) is 0 Å². The molecule has 0 aliphatic carbocycles. The summed E-state index contributed by atoms with van der Waals surface area (Å²) in [5.41, 5.74) is 9.20. The third-order valence-electron chi connectivity index (χ3n) is 3.83. The highest BCUT2D eigenvalue weighted by Gasteiger charge is 2.15. The summed E-state index contributed by atoms with van der Waals surface area (Å²) in [6, 6.07) is 10.2. The lowest BCUT2D eigenvalue weighted by atomic mass is 10.1. The summed E-state index contributed by atoms with van der Waals surface area (Å²) in [5.74, 6) is -0.243. The number of sulfonamides is 1. The van der Waals surface area contributed by atoms with Gasteiger partial charge in [0.1, 0.15) is 0 Å². The van der Waals surface area contributed by atoms with Crippen molar-refractivity contribution >= 4 is 33.0 Å². The summed E-state index contributed by atoms with van der Waals surface area (Å²) in [6.45, 7) is 5.39. The largest absolute Gasteiger partial charge is 0.399 e. The van der Waals surface area contributed by atoms with Crippen LogP contribution in [0.5, 0.6) is 0 Å². The van der Waals surface area contributed by atoms with Crippen molar-refractivity contribution in [3.63, 3.8) is 0 Å². The SMILES string of the molecule is CCCS(=O)(=O)Nc1cccc(NC(=O)c2cc(N)ccc2C)c1C. The fourth-order valence-corrected chi connectivity index (χ4v) is 3.64. The van der Waals surface area contributed by atoms with Gasteiger partial charge in [-0.3, -0.25) is 9.52 Å². The minimum Gasteiger partial charge on any atom is -0.399 e. The Bertz CT molecular complexity index is 892. The van der Waals surface area contributed by atoms with Crippen LogP contribution in [0.4, 0.5) is 17.1 Å². The van der Waals surface area contributed by atoms with Crippen molar-refractivity contribution in [2.24, 2.45) is 0 Å². The Morgan fingerprint density at radius 2 is 1.80 bits per heavy atom. The highest BCUT2D eigenvalue weighted by Crippen LogP contribution is 2.25. The van der Waals surface area contributed by atoms with Crippen LogP contribution >= 0.6 is 0 Å². The summed E-state index contributed by atoms with van der Waals surface area (Å²) in [7, 11) is -3.40. The third kappa shape index (κ3) is 4.73. The van der Waals surface area contributed by atoms with Crippen molar-refractivity contribution in [2.45, 2.75) is 27.2 Å². The zero-order valence-electron chi connectivity index (χ0n) is 14.6. The molecule has 7 heteroatoms. The number of nitrogens with one attached hydrogen (secondary N) is 2. The highest BCUT2D eigenvalue weighted by molar-refractivity contribution is 7.92. The van der Waals surface area contributed by atoms with E-state index in [1.807, 2.05) is 6.92 Å². The van der Waals surface area contributed by atoms with Crippen molar-refractivity contribution in [3.8, 4) is 0 Å². The molecule has 25 heavy (non-hydrogen) atoms. The molecule has 134 valence electrons. The van der Waals surface area contributed by atoms with E-state index in [0.29, 0.717) is 34.6 Å². The van der Waals surface area contributed by atoms with Gasteiger partial charge in [-0.15, -0.1) is 0 Å². The number of amides is 1. The summed E-state index contributed by atoms with van der Waals surface area (Å²) in [5, 5.41) is 2.82. The molecule has 0 aliphatic rings. The van der Waals surface area contributed by atoms with Crippen molar-refractivity contribution in [2.75, 3.05) is 21.5 Å². The van der Waals surface area contributed by atoms with Gasteiger partial charge in [-0.05, 0) is 55.7 Å². The van der Waals surface area contributed by atoms with Crippen molar-refractivity contribution in [1.82, 2.24) is 0 Å². The molecule has 2 rings (SSSR count). The molecule has 0 heterocycles. The lowest BCUT2D eigenvalue weighted by molar-refractivity contribution is 0.102. The number of rotatable bonds is 6. The molecule has 0 bridgehead atoms. The summed E-state index contributed by atoms with van der Waals surface area (Å²) < 4.78 is 26.5. The van der Waals surface area contributed by atoms with Crippen LogP contribution in [-0.2, 0) is 10.0 Å². The van der Waals surface area contributed by atoms with Crippen LogP contribution in [0.25, 0.3) is 0 Å². The number of hydrogen-bond donors (Lipinski definition) is 3. The van der Waals surface area contributed by atoms with Gasteiger partial charge in [0.15, 0.2) is 0 Å². The number of hydrogen-bond acceptors (Lipinski definition) is 4. The number of carbonyl (C=O) groups excluding carboxylic acids is 1. The molecule has 0 aromatic heterocycles. The zero-order chi connectivity index (χ0) is 18.6. The molecule has 6 nitrogen and oxygen atoms in total. The molecular weight excluding hydrogens is 338 g/mol. The van der Waals surface area contributed by atoms with Gasteiger partial charge in [-0.2, -0.15) is 0 Å². The zero-order valence-corrected chi connectivity index (χ0v) is 15.4. The van der Waals surface area contributed by atoms with Gasteiger partial charge in [0.2, 0.25) is 10.0 Å². The van der Waals surface area contributed by atoms with Gasteiger partial charge in [0, 0.05) is 16.9 Å². The second-order valence-corrected chi connectivity index (χ2v) is 7.77. The smallest absolute Gasteiger partial charge is 0.256 e. The lowest BCUT2D eigenvalue weighted by Crippen LogP contribution is -2.18. The number of aryl methyl sites for hydroxylation is 1. The first-order chi connectivity index (χ1) is 11.7. The van der Waals surface area contributed by atoms with Crippen molar-refractivity contribution in [3.05, 3.63) is 53.1 Å². The maximum absolute atomic E-state index is 12.5. The summed E-state index contributed by atoms with van der Waals surface area (Å²) in [4.78, 5) is 12.5. The van der Waals surface area contributed by atoms with Gasteiger partial charge in [-0.25, -0.2) is 8.42 Å². The van der Waals surface area contributed by atoms with Gasteiger partial charge in [0.05, 0.1) is 11.4 Å². The quantitative estimate of drug-likeness (QED) is 0.687. The Morgan fingerprint density at radius 3 is 2.48 bits per heavy atom. The van der Waals surface area contributed by atoms with Crippen molar-refractivity contribution < 1.29 is 13.2 Å². The molecule has 0 saturated carbocycles. The van der Waals surface area contributed by atoms with E-state index >= 15 is 0 Å². The predicted octanol–water partition coefficient (Wildman–Crippen LogP) is 3.29. The average Bonchev–Trinajstić information content (AvgIpc) is 2.53. The predicted molar refractivity (Wildman–Crippen MR) is 102 cm³/mol. The Morgan fingerprint density at radius 1 is 1.12 bits per heavy atom. The molecule has 0 radical (unpaired) electrons. The molecule has 0 aliphatic heterocycles. The van der Waals surface area contributed by atoms with Crippen LogP contribution < -0.4 is 15.8 Å². The van der Waals surface area contributed by atoms with E-state index in [0.717, 1.165) is 5.56 Å². The first-order valence-corrected chi connectivity index (χ1v) is 9.66. The summed E-state index contributed by atoms with van der Waals surface area (Å²) in [6.07, 6.45) is 0.527. The van der Waals surface area contributed by atoms with Crippen molar-refractivity contribution in [1.29, 1.82) is 0 Å². The Hall–Kier alpha value is -2.54. The van der Waals surface area contributed by atoms with E-state index in [1.54, 1.807) is 50.2 Å². The minimum atomic E-state index is -3.40. The Labute approximate surface area is 148 Å². The fraction of sp³-hybridized carbons (Fsp3) is 0.278.